The third-order valence-electron chi connectivity index (χ3n) is 7.89. The molecule has 0 bridgehead atoms. The fourth-order valence-electron chi connectivity index (χ4n) is 5.26. The molecule has 0 radical (unpaired) electrons. The van der Waals surface area contributed by atoms with Crippen molar-refractivity contribution in [3.63, 3.8) is 0 Å². The number of phenolic OH excluding ortho intramolecular Hbond substituents is 1. The smallest absolute Gasteiger partial charge is 0.128 e. The molecule has 3 nitrogen and oxygen atoms in total. The summed E-state index contributed by atoms with van der Waals surface area (Å²) in [7, 11) is -3.12. The maximum atomic E-state index is 11.0. The van der Waals surface area contributed by atoms with E-state index >= 15 is 0 Å². The molecule has 0 amide bonds. The summed E-state index contributed by atoms with van der Waals surface area (Å²) in [6.07, 6.45) is 1.97. The Balaban J connectivity index is 1.79. The number of benzene rings is 3. The number of fused-ring (bicyclic) bond motifs is 1. The van der Waals surface area contributed by atoms with E-state index < -0.39 is 16.1 Å². The molecule has 2 heterocycles. The van der Waals surface area contributed by atoms with Crippen molar-refractivity contribution in [1.29, 1.82) is 0 Å². The predicted molar refractivity (Wildman–Crippen MR) is 185 cm³/mol. The summed E-state index contributed by atoms with van der Waals surface area (Å²) in [5.74, 6) is 0.696. The zero-order chi connectivity index (χ0) is 29.9. The molecule has 1 N–H and O–H groups in total. The number of aromatic hydroxyl groups is 1. The molecule has 41 heavy (non-hydrogen) atoms. The standard InChI is InChI=1S/C35H42N2OSSi2/c1-21(2)24-15-25(17-26(16-24)31-19-27(11-12-36-31)40(5,6)7)29-18-28(41(8,9)10)20-32-33(29)37-35(39-32)30-14-22(3)13-23(4)34(30)38/h11-21,38H,1-10H3. The molecule has 0 fully saturated rings. The Hall–Kier alpha value is -3.07. The van der Waals surface area contributed by atoms with Gasteiger partial charge in [0.2, 0.25) is 0 Å². The van der Waals surface area contributed by atoms with Gasteiger partial charge in [0.1, 0.15) is 10.8 Å². The monoisotopic (exact) mass is 594 g/mol. The van der Waals surface area contributed by atoms with Crippen molar-refractivity contribution in [2.75, 3.05) is 0 Å². The fourth-order valence-corrected chi connectivity index (χ4v) is 8.72. The van der Waals surface area contributed by atoms with Crippen molar-refractivity contribution in [3.05, 3.63) is 77.5 Å². The van der Waals surface area contributed by atoms with Crippen LogP contribution in [0.1, 0.15) is 36.5 Å². The molecule has 0 spiro atoms. The Labute approximate surface area is 251 Å². The van der Waals surface area contributed by atoms with E-state index in [2.05, 4.69) is 103 Å². The van der Waals surface area contributed by atoms with E-state index in [-0.39, 0.29) is 0 Å². The van der Waals surface area contributed by atoms with Crippen LogP contribution in [0.4, 0.5) is 0 Å². The first-order valence-electron chi connectivity index (χ1n) is 14.5. The van der Waals surface area contributed by atoms with Crippen LogP contribution in [-0.2, 0) is 0 Å². The van der Waals surface area contributed by atoms with E-state index in [1.54, 1.807) is 11.3 Å². The fraction of sp³-hybridized carbons (Fsp3) is 0.314. The highest BCUT2D eigenvalue weighted by Crippen LogP contribution is 2.41. The molecule has 0 saturated carbocycles. The third-order valence-corrected chi connectivity index (χ3v) is 13.0. The molecule has 0 saturated heterocycles. The Kier molecular flexibility index (Phi) is 7.64. The maximum Gasteiger partial charge on any atom is 0.128 e. The van der Waals surface area contributed by atoms with Gasteiger partial charge in [0.25, 0.3) is 0 Å². The van der Waals surface area contributed by atoms with Crippen LogP contribution >= 0.6 is 11.3 Å². The number of pyridine rings is 1. The summed E-state index contributed by atoms with van der Waals surface area (Å²) in [6.45, 7) is 22.9. The van der Waals surface area contributed by atoms with Gasteiger partial charge in [-0.1, -0.05) is 81.7 Å². The van der Waals surface area contributed by atoms with Crippen LogP contribution in [0.5, 0.6) is 5.75 Å². The lowest BCUT2D eigenvalue weighted by Crippen LogP contribution is -2.37. The topological polar surface area (TPSA) is 46.0 Å². The first kappa shape index (κ1) is 29.4. The summed E-state index contributed by atoms with van der Waals surface area (Å²) in [5, 5.41) is 14.7. The summed E-state index contributed by atoms with van der Waals surface area (Å²) >= 11 is 1.68. The summed E-state index contributed by atoms with van der Waals surface area (Å²) in [6, 6.07) is 20.2. The van der Waals surface area contributed by atoms with Gasteiger partial charge in [-0.2, -0.15) is 0 Å². The highest BCUT2D eigenvalue weighted by Gasteiger charge is 2.23. The summed E-state index contributed by atoms with van der Waals surface area (Å²) in [4.78, 5) is 10.0. The number of aromatic nitrogens is 2. The minimum Gasteiger partial charge on any atom is -0.507 e. The lowest BCUT2D eigenvalue weighted by Gasteiger charge is -2.20. The molecule has 212 valence electrons. The van der Waals surface area contributed by atoms with E-state index in [1.807, 2.05) is 25.3 Å². The summed E-state index contributed by atoms with van der Waals surface area (Å²) in [5.41, 5.74) is 9.64. The van der Waals surface area contributed by atoms with Crippen molar-refractivity contribution in [1.82, 2.24) is 9.97 Å². The molecule has 0 aliphatic rings. The lowest BCUT2D eigenvalue weighted by atomic mass is 9.93. The minimum atomic E-state index is -1.63. The van der Waals surface area contributed by atoms with Crippen LogP contribution < -0.4 is 10.4 Å². The van der Waals surface area contributed by atoms with Crippen LogP contribution in [0, 0.1) is 13.8 Å². The molecule has 2 aromatic heterocycles. The van der Waals surface area contributed by atoms with Crippen LogP contribution in [0.3, 0.4) is 0 Å². The molecule has 5 rings (SSSR count). The molecule has 0 unspecified atom stereocenters. The van der Waals surface area contributed by atoms with E-state index in [9.17, 15) is 5.11 Å². The van der Waals surface area contributed by atoms with Gasteiger partial charge in [-0.3, -0.25) is 4.98 Å². The number of thiazole rings is 1. The molecular formula is C35H42N2OSSi2. The predicted octanol–water partition coefficient (Wildman–Crippen LogP) is 9.23. The molecule has 6 heteroatoms. The first-order valence-corrected chi connectivity index (χ1v) is 22.3. The average Bonchev–Trinajstić information content (AvgIpc) is 3.33. The molecule has 0 atom stereocenters. The molecular weight excluding hydrogens is 553 g/mol. The molecule has 5 aromatic rings. The highest BCUT2D eigenvalue weighted by molar-refractivity contribution is 7.22. The number of aryl methyl sites for hydroxylation is 2. The third kappa shape index (κ3) is 5.96. The van der Waals surface area contributed by atoms with E-state index in [4.69, 9.17) is 9.97 Å². The Morgan fingerprint density at radius 2 is 1.44 bits per heavy atom. The quantitative estimate of drug-likeness (QED) is 0.199. The SMILES string of the molecule is Cc1cc(C)c(O)c(-c2nc3c(-c4cc(-c5cc([Si](C)(C)C)ccn5)cc(C(C)C)c4)cc([Si](C)(C)C)cc3s2)c1. The van der Waals surface area contributed by atoms with Crippen molar-refractivity contribution < 1.29 is 5.11 Å². The number of hydrogen-bond donors (Lipinski definition) is 1. The van der Waals surface area contributed by atoms with Crippen molar-refractivity contribution in [2.45, 2.75) is 72.9 Å². The van der Waals surface area contributed by atoms with Crippen LogP contribution in [-0.4, -0.2) is 31.2 Å². The van der Waals surface area contributed by atoms with Gasteiger partial charge in [0.15, 0.2) is 0 Å². The molecule has 3 aromatic carbocycles. The highest BCUT2D eigenvalue weighted by atomic mass is 32.1. The van der Waals surface area contributed by atoms with Gasteiger partial charge in [-0.15, -0.1) is 11.3 Å². The minimum absolute atomic E-state index is 0.319. The van der Waals surface area contributed by atoms with Gasteiger partial charge in [-0.05, 0) is 78.4 Å². The Bertz CT molecular complexity index is 1770. The first-order chi connectivity index (χ1) is 19.1. The Morgan fingerprint density at radius 3 is 2.10 bits per heavy atom. The largest absolute Gasteiger partial charge is 0.507 e. The van der Waals surface area contributed by atoms with E-state index in [0.717, 1.165) is 44.0 Å². The Morgan fingerprint density at radius 1 is 0.756 bits per heavy atom. The van der Waals surface area contributed by atoms with Gasteiger partial charge in [-0.25, -0.2) is 4.98 Å². The van der Waals surface area contributed by atoms with Crippen LogP contribution in [0.15, 0.2) is 60.8 Å². The normalized spacial score (nSPS) is 12.5. The maximum absolute atomic E-state index is 11.0. The van der Waals surface area contributed by atoms with Gasteiger partial charge < -0.3 is 5.11 Å². The molecule has 0 aliphatic carbocycles. The average molecular weight is 595 g/mol. The number of phenols is 1. The van der Waals surface area contributed by atoms with Crippen molar-refractivity contribution in [3.8, 4) is 38.7 Å². The van der Waals surface area contributed by atoms with Gasteiger partial charge in [0, 0.05) is 17.3 Å². The second-order valence-corrected chi connectivity index (χ2v) is 25.0. The summed E-state index contributed by atoms with van der Waals surface area (Å²) < 4.78 is 1.17. The second kappa shape index (κ2) is 10.6. The van der Waals surface area contributed by atoms with E-state index in [0.29, 0.717) is 11.7 Å². The van der Waals surface area contributed by atoms with Gasteiger partial charge in [0.05, 0.1) is 37.6 Å². The number of rotatable bonds is 6. The zero-order valence-electron chi connectivity index (χ0n) is 26.1. The second-order valence-electron chi connectivity index (χ2n) is 13.8. The van der Waals surface area contributed by atoms with Gasteiger partial charge >= 0.3 is 0 Å². The van der Waals surface area contributed by atoms with Crippen molar-refractivity contribution in [2.24, 2.45) is 0 Å². The molecule has 0 aliphatic heterocycles. The van der Waals surface area contributed by atoms with E-state index in [1.165, 1.54) is 26.2 Å². The van der Waals surface area contributed by atoms with Crippen LogP contribution in [0.25, 0.3) is 43.2 Å². The number of hydrogen-bond acceptors (Lipinski definition) is 4. The van der Waals surface area contributed by atoms with Crippen molar-refractivity contribution >= 4 is 48.1 Å². The zero-order valence-corrected chi connectivity index (χ0v) is 28.9. The lowest BCUT2D eigenvalue weighted by molar-refractivity contribution is 0.473. The number of nitrogens with zero attached hydrogens (tertiary/aromatic N) is 2. The van der Waals surface area contributed by atoms with Crippen LogP contribution in [0.2, 0.25) is 39.3 Å².